The standard InChI is InChI=1S/C15H15NO3/c17-13(14-7-4-10-19-14)8-9-15(18)16-11-12-5-2-1-3-6-12/h1-10,13,17H,11H2,(H,16,18)/b9-8-. The predicted octanol–water partition coefficient (Wildman–Crippen LogP) is 2.19. The van der Waals surface area contributed by atoms with Crippen LogP contribution in [-0.4, -0.2) is 11.0 Å². The van der Waals surface area contributed by atoms with Gasteiger partial charge in [0, 0.05) is 12.6 Å². The van der Waals surface area contributed by atoms with Crippen molar-refractivity contribution in [2.75, 3.05) is 0 Å². The Hall–Kier alpha value is -2.33. The molecular formula is C15H15NO3. The van der Waals surface area contributed by atoms with Crippen LogP contribution < -0.4 is 5.32 Å². The number of rotatable bonds is 5. The molecule has 0 saturated carbocycles. The summed E-state index contributed by atoms with van der Waals surface area (Å²) in [5.74, 6) is 0.154. The minimum absolute atomic E-state index is 0.255. The van der Waals surface area contributed by atoms with Crippen molar-refractivity contribution in [2.45, 2.75) is 12.6 Å². The van der Waals surface area contributed by atoms with E-state index in [9.17, 15) is 9.90 Å². The topological polar surface area (TPSA) is 62.5 Å². The second kappa shape index (κ2) is 6.56. The van der Waals surface area contributed by atoms with Crippen LogP contribution in [0.5, 0.6) is 0 Å². The average molecular weight is 257 g/mol. The summed E-state index contributed by atoms with van der Waals surface area (Å²) in [6.07, 6.45) is 3.26. The first-order valence-electron chi connectivity index (χ1n) is 5.97. The fourth-order valence-electron chi connectivity index (χ4n) is 1.58. The molecule has 0 aliphatic carbocycles. The molecule has 0 aliphatic rings. The lowest BCUT2D eigenvalue weighted by Crippen LogP contribution is -2.20. The summed E-state index contributed by atoms with van der Waals surface area (Å²) < 4.78 is 5.02. The van der Waals surface area contributed by atoms with Crippen molar-refractivity contribution in [2.24, 2.45) is 0 Å². The summed E-state index contributed by atoms with van der Waals surface area (Å²) in [5, 5.41) is 12.4. The lowest BCUT2D eigenvalue weighted by Gasteiger charge is -2.03. The van der Waals surface area contributed by atoms with Gasteiger partial charge in [-0.2, -0.15) is 0 Å². The Labute approximate surface area is 111 Å². The van der Waals surface area contributed by atoms with Gasteiger partial charge in [0.2, 0.25) is 5.91 Å². The molecule has 19 heavy (non-hydrogen) atoms. The van der Waals surface area contributed by atoms with E-state index in [1.807, 2.05) is 30.3 Å². The van der Waals surface area contributed by atoms with Crippen molar-refractivity contribution < 1.29 is 14.3 Å². The van der Waals surface area contributed by atoms with Gasteiger partial charge in [-0.15, -0.1) is 0 Å². The molecule has 2 N–H and O–H groups in total. The Morgan fingerprint density at radius 2 is 2.05 bits per heavy atom. The maximum atomic E-state index is 11.6. The lowest BCUT2D eigenvalue weighted by molar-refractivity contribution is -0.116. The SMILES string of the molecule is O=C(/C=C\C(O)c1ccco1)NCc1ccccc1. The average Bonchev–Trinajstić information content (AvgIpc) is 2.98. The van der Waals surface area contributed by atoms with Gasteiger partial charge in [0.15, 0.2) is 0 Å². The van der Waals surface area contributed by atoms with Crippen LogP contribution >= 0.6 is 0 Å². The Balaban J connectivity index is 1.81. The molecular weight excluding hydrogens is 242 g/mol. The van der Waals surface area contributed by atoms with Crippen molar-refractivity contribution in [1.82, 2.24) is 5.32 Å². The largest absolute Gasteiger partial charge is 0.466 e. The first-order chi connectivity index (χ1) is 9.25. The fraction of sp³-hybridized carbons (Fsp3) is 0.133. The van der Waals surface area contributed by atoms with Gasteiger partial charge in [-0.1, -0.05) is 30.3 Å². The number of carbonyl (C=O) groups excluding carboxylic acids is 1. The van der Waals surface area contributed by atoms with Crippen LogP contribution in [0.3, 0.4) is 0 Å². The highest BCUT2D eigenvalue weighted by atomic mass is 16.4. The zero-order chi connectivity index (χ0) is 13.5. The third kappa shape index (κ3) is 4.12. The molecule has 1 unspecified atom stereocenters. The number of amides is 1. The maximum Gasteiger partial charge on any atom is 0.244 e. The molecule has 0 bridgehead atoms. The molecule has 1 heterocycles. The van der Waals surface area contributed by atoms with Crippen LogP contribution in [-0.2, 0) is 11.3 Å². The summed E-state index contributed by atoms with van der Waals surface area (Å²) in [5.41, 5.74) is 1.02. The minimum Gasteiger partial charge on any atom is -0.466 e. The summed E-state index contributed by atoms with van der Waals surface area (Å²) in [6, 6.07) is 12.9. The number of aliphatic hydroxyl groups is 1. The molecule has 0 aliphatic heterocycles. The first-order valence-corrected chi connectivity index (χ1v) is 5.97. The molecule has 4 nitrogen and oxygen atoms in total. The summed E-state index contributed by atoms with van der Waals surface area (Å²) in [7, 11) is 0. The Morgan fingerprint density at radius 3 is 2.74 bits per heavy atom. The number of furan rings is 1. The van der Waals surface area contributed by atoms with E-state index in [1.54, 1.807) is 12.1 Å². The molecule has 4 heteroatoms. The second-order valence-electron chi connectivity index (χ2n) is 4.02. The van der Waals surface area contributed by atoms with Gasteiger partial charge in [-0.3, -0.25) is 4.79 Å². The third-order valence-corrected chi connectivity index (χ3v) is 2.57. The van der Waals surface area contributed by atoms with Crippen molar-refractivity contribution in [3.05, 3.63) is 72.2 Å². The summed E-state index contributed by atoms with van der Waals surface area (Å²) in [4.78, 5) is 11.6. The van der Waals surface area contributed by atoms with Crippen molar-refractivity contribution in [3.63, 3.8) is 0 Å². The van der Waals surface area contributed by atoms with Crippen LogP contribution in [0.4, 0.5) is 0 Å². The predicted molar refractivity (Wildman–Crippen MR) is 71.1 cm³/mol. The number of benzene rings is 1. The first kappa shape index (κ1) is 13.1. The van der Waals surface area contributed by atoms with Crippen LogP contribution in [0.25, 0.3) is 0 Å². The quantitative estimate of drug-likeness (QED) is 0.807. The van der Waals surface area contributed by atoms with Gasteiger partial charge in [-0.25, -0.2) is 0 Å². The van der Waals surface area contributed by atoms with E-state index in [0.717, 1.165) is 5.56 Å². The molecule has 1 aromatic carbocycles. The second-order valence-corrected chi connectivity index (χ2v) is 4.02. The number of carbonyl (C=O) groups is 1. The van der Waals surface area contributed by atoms with E-state index in [0.29, 0.717) is 12.3 Å². The molecule has 1 aromatic heterocycles. The number of hydrogen-bond donors (Lipinski definition) is 2. The minimum atomic E-state index is -0.905. The van der Waals surface area contributed by atoms with E-state index in [-0.39, 0.29) is 5.91 Å². The summed E-state index contributed by atoms with van der Waals surface area (Å²) in [6.45, 7) is 0.459. The van der Waals surface area contributed by atoms with Crippen molar-refractivity contribution in [3.8, 4) is 0 Å². The molecule has 1 amide bonds. The molecule has 0 radical (unpaired) electrons. The van der Waals surface area contributed by atoms with Gasteiger partial charge in [0.25, 0.3) is 0 Å². The van der Waals surface area contributed by atoms with Gasteiger partial charge >= 0.3 is 0 Å². The highest BCUT2D eigenvalue weighted by molar-refractivity contribution is 5.87. The Bertz CT molecular complexity index is 532. The molecule has 2 aromatic rings. The van der Waals surface area contributed by atoms with Crippen LogP contribution in [0.2, 0.25) is 0 Å². The van der Waals surface area contributed by atoms with Crippen LogP contribution in [0.15, 0.2) is 65.3 Å². The number of aliphatic hydroxyl groups excluding tert-OH is 1. The maximum absolute atomic E-state index is 11.6. The zero-order valence-electron chi connectivity index (χ0n) is 10.3. The molecule has 0 spiro atoms. The molecule has 98 valence electrons. The van der Waals surface area contributed by atoms with Crippen LogP contribution in [0, 0.1) is 0 Å². The third-order valence-electron chi connectivity index (χ3n) is 2.57. The molecule has 2 rings (SSSR count). The van der Waals surface area contributed by atoms with Crippen molar-refractivity contribution in [1.29, 1.82) is 0 Å². The van der Waals surface area contributed by atoms with Gasteiger partial charge in [0.05, 0.1) is 6.26 Å². The van der Waals surface area contributed by atoms with Gasteiger partial charge in [-0.05, 0) is 23.8 Å². The number of hydrogen-bond acceptors (Lipinski definition) is 3. The van der Waals surface area contributed by atoms with Crippen LogP contribution in [0.1, 0.15) is 17.4 Å². The Morgan fingerprint density at radius 1 is 1.26 bits per heavy atom. The molecule has 0 saturated heterocycles. The van der Waals surface area contributed by atoms with Crippen molar-refractivity contribution >= 4 is 5.91 Å². The van der Waals surface area contributed by atoms with Gasteiger partial charge in [0.1, 0.15) is 11.9 Å². The van der Waals surface area contributed by atoms with E-state index in [1.165, 1.54) is 18.4 Å². The van der Waals surface area contributed by atoms with E-state index >= 15 is 0 Å². The smallest absolute Gasteiger partial charge is 0.244 e. The van der Waals surface area contributed by atoms with E-state index in [2.05, 4.69) is 5.32 Å². The fourth-order valence-corrected chi connectivity index (χ4v) is 1.58. The normalized spacial score (nSPS) is 12.5. The molecule has 0 fully saturated rings. The molecule has 1 atom stereocenters. The van der Waals surface area contributed by atoms with E-state index < -0.39 is 6.10 Å². The Kier molecular flexibility index (Phi) is 4.53. The summed E-state index contributed by atoms with van der Waals surface area (Å²) >= 11 is 0. The highest BCUT2D eigenvalue weighted by Crippen LogP contribution is 2.13. The lowest BCUT2D eigenvalue weighted by atomic mass is 10.2. The van der Waals surface area contributed by atoms with E-state index in [4.69, 9.17) is 4.42 Å². The number of nitrogens with one attached hydrogen (secondary N) is 1. The van der Waals surface area contributed by atoms with Gasteiger partial charge < -0.3 is 14.8 Å². The highest BCUT2D eigenvalue weighted by Gasteiger charge is 2.06. The monoisotopic (exact) mass is 257 g/mol. The zero-order valence-corrected chi connectivity index (χ0v) is 10.3.